The quantitative estimate of drug-likeness (QED) is 0.807. The van der Waals surface area contributed by atoms with Gasteiger partial charge < -0.3 is 0 Å². The van der Waals surface area contributed by atoms with Gasteiger partial charge in [0.15, 0.2) is 0 Å². The predicted molar refractivity (Wildman–Crippen MR) is 66.9 cm³/mol. The molecule has 1 aromatic heterocycles. The van der Waals surface area contributed by atoms with Crippen LogP contribution in [0.25, 0.3) is 11.3 Å². The zero-order valence-corrected chi connectivity index (χ0v) is 10.3. The van der Waals surface area contributed by atoms with Gasteiger partial charge in [0.1, 0.15) is 0 Å². The summed E-state index contributed by atoms with van der Waals surface area (Å²) in [6.45, 7) is 2.04. The first-order chi connectivity index (χ1) is 7.74. The number of aryl methyl sites for hydroxylation is 1. The minimum atomic E-state index is 0.543. The van der Waals surface area contributed by atoms with Crippen LogP contribution in [0.15, 0.2) is 30.7 Å². The first-order valence-corrected chi connectivity index (χ1v) is 5.73. The molecule has 0 aliphatic carbocycles. The maximum absolute atomic E-state index is 6.21. The summed E-state index contributed by atoms with van der Waals surface area (Å²) in [5, 5.41) is 1.15. The Balaban J connectivity index is 2.56. The lowest BCUT2D eigenvalue weighted by atomic mass is 10.1. The van der Waals surface area contributed by atoms with E-state index >= 15 is 0 Å². The molecule has 82 valence electrons. The van der Waals surface area contributed by atoms with Gasteiger partial charge in [-0.25, -0.2) is 0 Å². The molecule has 1 heterocycles. The van der Waals surface area contributed by atoms with Crippen molar-refractivity contribution in [3.05, 3.63) is 46.3 Å². The molecule has 0 aliphatic heterocycles. The third-order valence-electron chi connectivity index (χ3n) is 2.38. The van der Waals surface area contributed by atoms with Gasteiger partial charge in [-0.2, -0.15) is 0 Å². The maximum Gasteiger partial charge on any atom is 0.0900 e. The van der Waals surface area contributed by atoms with Crippen LogP contribution in [-0.2, 0) is 6.42 Å². The van der Waals surface area contributed by atoms with Crippen LogP contribution in [0.2, 0.25) is 10.0 Å². The van der Waals surface area contributed by atoms with E-state index in [0.29, 0.717) is 10.0 Å². The minimum Gasteiger partial charge on any atom is -0.261 e. The molecular weight excluding hydrogens is 243 g/mol. The largest absolute Gasteiger partial charge is 0.261 e. The van der Waals surface area contributed by atoms with Crippen LogP contribution in [-0.4, -0.2) is 9.97 Å². The summed E-state index contributed by atoms with van der Waals surface area (Å²) in [5.74, 6) is 0. The number of benzene rings is 1. The van der Waals surface area contributed by atoms with E-state index in [-0.39, 0.29) is 0 Å². The van der Waals surface area contributed by atoms with Gasteiger partial charge >= 0.3 is 0 Å². The molecular formula is C12H10Cl2N2. The molecule has 0 unspecified atom stereocenters. The molecule has 16 heavy (non-hydrogen) atoms. The van der Waals surface area contributed by atoms with Crippen molar-refractivity contribution in [1.82, 2.24) is 9.97 Å². The van der Waals surface area contributed by atoms with Gasteiger partial charge in [0.05, 0.1) is 21.9 Å². The Labute approximate surface area is 104 Å². The van der Waals surface area contributed by atoms with Crippen LogP contribution < -0.4 is 0 Å². The van der Waals surface area contributed by atoms with Crippen LogP contribution in [0.3, 0.4) is 0 Å². The Kier molecular flexibility index (Phi) is 3.42. The van der Waals surface area contributed by atoms with Crippen LogP contribution in [0.1, 0.15) is 12.5 Å². The topological polar surface area (TPSA) is 25.8 Å². The lowest BCUT2D eigenvalue weighted by Crippen LogP contribution is -1.89. The summed E-state index contributed by atoms with van der Waals surface area (Å²) in [5.41, 5.74) is 2.59. The monoisotopic (exact) mass is 252 g/mol. The predicted octanol–water partition coefficient (Wildman–Crippen LogP) is 4.01. The second-order valence-corrected chi connectivity index (χ2v) is 4.10. The maximum atomic E-state index is 6.21. The van der Waals surface area contributed by atoms with Gasteiger partial charge in [-0.1, -0.05) is 42.3 Å². The molecule has 2 nitrogen and oxygen atoms in total. The molecule has 4 heteroatoms. The minimum absolute atomic E-state index is 0.543. The van der Waals surface area contributed by atoms with Gasteiger partial charge in [-0.15, -0.1) is 0 Å². The third-order valence-corrected chi connectivity index (χ3v) is 3.30. The van der Waals surface area contributed by atoms with E-state index in [9.17, 15) is 0 Å². The van der Waals surface area contributed by atoms with Crippen molar-refractivity contribution in [3.8, 4) is 11.3 Å². The molecule has 0 saturated heterocycles. The molecule has 0 fully saturated rings. The Morgan fingerprint density at radius 3 is 2.56 bits per heavy atom. The molecule has 2 aromatic rings. The highest BCUT2D eigenvalue weighted by molar-refractivity contribution is 6.44. The molecule has 0 bridgehead atoms. The van der Waals surface area contributed by atoms with E-state index in [2.05, 4.69) is 9.97 Å². The van der Waals surface area contributed by atoms with E-state index in [1.165, 1.54) is 0 Å². The summed E-state index contributed by atoms with van der Waals surface area (Å²) in [6.07, 6.45) is 5.79. The highest BCUT2D eigenvalue weighted by Gasteiger charge is 2.11. The van der Waals surface area contributed by atoms with E-state index in [0.717, 1.165) is 23.2 Å². The number of halogens is 2. The van der Waals surface area contributed by atoms with E-state index in [1.54, 1.807) is 18.6 Å². The van der Waals surface area contributed by atoms with Crippen molar-refractivity contribution < 1.29 is 0 Å². The standard InChI is InChI=1S/C12H10Cl2N2/c1-2-8-3-4-9(12(14)11(8)13)10-7-15-5-6-16-10/h3-7H,2H2,1H3. The van der Waals surface area contributed by atoms with Gasteiger partial charge in [0.2, 0.25) is 0 Å². The fraction of sp³-hybridized carbons (Fsp3) is 0.167. The Hall–Kier alpha value is -1.12. The summed E-state index contributed by atoms with van der Waals surface area (Å²) >= 11 is 12.4. The van der Waals surface area contributed by atoms with Crippen molar-refractivity contribution in [3.63, 3.8) is 0 Å². The molecule has 2 rings (SSSR count). The first kappa shape index (κ1) is 11.4. The first-order valence-electron chi connectivity index (χ1n) is 4.97. The highest BCUT2D eigenvalue weighted by atomic mass is 35.5. The zero-order chi connectivity index (χ0) is 11.5. The number of hydrogen-bond donors (Lipinski definition) is 0. The second-order valence-electron chi connectivity index (χ2n) is 3.34. The fourth-order valence-corrected chi connectivity index (χ4v) is 2.08. The summed E-state index contributed by atoms with van der Waals surface area (Å²) in [7, 11) is 0. The number of rotatable bonds is 2. The van der Waals surface area contributed by atoms with Crippen molar-refractivity contribution in [2.75, 3.05) is 0 Å². The average molecular weight is 253 g/mol. The Bertz CT molecular complexity index is 498. The van der Waals surface area contributed by atoms with E-state index < -0.39 is 0 Å². The summed E-state index contributed by atoms with van der Waals surface area (Å²) < 4.78 is 0. The number of hydrogen-bond acceptors (Lipinski definition) is 2. The molecule has 0 N–H and O–H groups in total. The summed E-state index contributed by atoms with van der Waals surface area (Å²) in [4.78, 5) is 8.21. The Morgan fingerprint density at radius 1 is 1.12 bits per heavy atom. The van der Waals surface area contributed by atoms with Crippen LogP contribution in [0.4, 0.5) is 0 Å². The van der Waals surface area contributed by atoms with Crippen molar-refractivity contribution in [1.29, 1.82) is 0 Å². The van der Waals surface area contributed by atoms with E-state index in [4.69, 9.17) is 23.2 Å². The number of aromatic nitrogens is 2. The highest BCUT2D eigenvalue weighted by Crippen LogP contribution is 2.34. The van der Waals surface area contributed by atoms with Gasteiger partial charge in [-0.05, 0) is 12.0 Å². The smallest absolute Gasteiger partial charge is 0.0900 e. The zero-order valence-electron chi connectivity index (χ0n) is 8.74. The van der Waals surface area contributed by atoms with Crippen molar-refractivity contribution in [2.45, 2.75) is 13.3 Å². The average Bonchev–Trinajstić information content (AvgIpc) is 2.34. The molecule has 0 spiro atoms. The van der Waals surface area contributed by atoms with Crippen molar-refractivity contribution >= 4 is 23.2 Å². The molecule has 0 radical (unpaired) electrons. The lowest BCUT2D eigenvalue weighted by molar-refractivity contribution is 1.14. The van der Waals surface area contributed by atoms with Gasteiger partial charge in [0.25, 0.3) is 0 Å². The SMILES string of the molecule is CCc1ccc(-c2cnccn2)c(Cl)c1Cl. The molecule has 0 saturated carbocycles. The van der Waals surface area contributed by atoms with Gasteiger partial charge in [-0.3, -0.25) is 9.97 Å². The molecule has 0 amide bonds. The van der Waals surface area contributed by atoms with Crippen LogP contribution in [0.5, 0.6) is 0 Å². The normalized spacial score (nSPS) is 10.4. The van der Waals surface area contributed by atoms with Crippen LogP contribution >= 0.6 is 23.2 Å². The van der Waals surface area contributed by atoms with Crippen LogP contribution in [0, 0.1) is 0 Å². The van der Waals surface area contributed by atoms with Crippen molar-refractivity contribution in [2.24, 2.45) is 0 Å². The molecule has 0 atom stereocenters. The second kappa shape index (κ2) is 4.81. The van der Waals surface area contributed by atoms with Gasteiger partial charge in [0, 0.05) is 18.0 Å². The Morgan fingerprint density at radius 2 is 1.94 bits per heavy atom. The molecule has 1 aromatic carbocycles. The third kappa shape index (κ3) is 2.04. The fourth-order valence-electron chi connectivity index (χ4n) is 1.50. The number of nitrogens with zero attached hydrogens (tertiary/aromatic N) is 2. The summed E-state index contributed by atoms with van der Waals surface area (Å²) in [6, 6.07) is 3.90. The van der Waals surface area contributed by atoms with E-state index in [1.807, 2.05) is 19.1 Å². The lowest BCUT2D eigenvalue weighted by Gasteiger charge is -2.08. The molecule has 0 aliphatic rings.